The maximum atomic E-state index is 12.4. The molecule has 1 heterocycles. The van der Waals surface area contributed by atoms with Crippen molar-refractivity contribution >= 4 is 5.91 Å². The first kappa shape index (κ1) is 14.8. The van der Waals surface area contributed by atoms with Crippen LogP contribution in [0.2, 0.25) is 0 Å². The second-order valence-electron chi connectivity index (χ2n) is 5.60. The second kappa shape index (κ2) is 7.23. The first-order valence-electron chi connectivity index (χ1n) is 7.81. The SMILES string of the molecule is O=C(CCc1ccccc1)N1CCO[C@@H](c2ccccc2)C1. The molecule has 0 radical (unpaired) electrons. The molecule has 114 valence electrons. The lowest BCUT2D eigenvalue weighted by Crippen LogP contribution is -2.42. The number of morpholine rings is 1. The Bertz CT molecular complexity index is 597. The van der Waals surface area contributed by atoms with Gasteiger partial charge in [-0.2, -0.15) is 0 Å². The van der Waals surface area contributed by atoms with Crippen LogP contribution >= 0.6 is 0 Å². The Labute approximate surface area is 131 Å². The van der Waals surface area contributed by atoms with Crippen LogP contribution in [0.4, 0.5) is 0 Å². The average Bonchev–Trinajstić information content (AvgIpc) is 2.61. The van der Waals surface area contributed by atoms with Crippen LogP contribution < -0.4 is 0 Å². The summed E-state index contributed by atoms with van der Waals surface area (Å²) in [6.45, 7) is 1.95. The van der Waals surface area contributed by atoms with Gasteiger partial charge >= 0.3 is 0 Å². The van der Waals surface area contributed by atoms with E-state index >= 15 is 0 Å². The van der Waals surface area contributed by atoms with Gasteiger partial charge in [-0.3, -0.25) is 4.79 Å². The Morgan fingerprint density at radius 2 is 1.73 bits per heavy atom. The third-order valence-electron chi connectivity index (χ3n) is 4.06. The quantitative estimate of drug-likeness (QED) is 0.867. The molecule has 1 atom stereocenters. The lowest BCUT2D eigenvalue weighted by Gasteiger charge is -2.33. The number of hydrogen-bond acceptors (Lipinski definition) is 2. The maximum Gasteiger partial charge on any atom is 0.223 e. The van der Waals surface area contributed by atoms with E-state index in [9.17, 15) is 4.79 Å². The van der Waals surface area contributed by atoms with Crippen LogP contribution in [0.5, 0.6) is 0 Å². The molecule has 22 heavy (non-hydrogen) atoms. The van der Waals surface area contributed by atoms with E-state index in [1.807, 2.05) is 41.3 Å². The number of hydrogen-bond donors (Lipinski definition) is 0. The molecule has 1 aliphatic rings. The molecule has 0 spiro atoms. The van der Waals surface area contributed by atoms with Crippen molar-refractivity contribution in [3.05, 3.63) is 71.8 Å². The average molecular weight is 295 g/mol. The van der Waals surface area contributed by atoms with Gasteiger partial charge < -0.3 is 9.64 Å². The second-order valence-corrected chi connectivity index (χ2v) is 5.60. The monoisotopic (exact) mass is 295 g/mol. The molecule has 0 unspecified atom stereocenters. The summed E-state index contributed by atoms with van der Waals surface area (Å²) in [5.41, 5.74) is 2.35. The number of carbonyl (C=O) groups excluding carboxylic acids is 1. The topological polar surface area (TPSA) is 29.5 Å². The molecule has 0 aliphatic carbocycles. The number of aryl methyl sites for hydroxylation is 1. The van der Waals surface area contributed by atoms with Gasteiger partial charge in [0.25, 0.3) is 0 Å². The first-order valence-corrected chi connectivity index (χ1v) is 7.81. The van der Waals surface area contributed by atoms with Crippen molar-refractivity contribution in [1.82, 2.24) is 4.90 Å². The largest absolute Gasteiger partial charge is 0.370 e. The zero-order valence-electron chi connectivity index (χ0n) is 12.7. The van der Waals surface area contributed by atoms with E-state index in [2.05, 4.69) is 24.3 Å². The molecule has 3 rings (SSSR count). The summed E-state index contributed by atoms with van der Waals surface area (Å²) in [6.07, 6.45) is 1.36. The fraction of sp³-hybridized carbons (Fsp3) is 0.316. The van der Waals surface area contributed by atoms with E-state index < -0.39 is 0 Å². The van der Waals surface area contributed by atoms with Gasteiger partial charge in [0.2, 0.25) is 5.91 Å². The summed E-state index contributed by atoms with van der Waals surface area (Å²) in [7, 11) is 0. The van der Waals surface area contributed by atoms with Gasteiger partial charge in [-0.1, -0.05) is 60.7 Å². The minimum atomic E-state index is -0.00405. The van der Waals surface area contributed by atoms with Crippen LogP contribution in [0.1, 0.15) is 23.7 Å². The van der Waals surface area contributed by atoms with Crippen LogP contribution in [-0.4, -0.2) is 30.5 Å². The Hall–Kier alpha value is -2.13. The van der Waals surface area contributed by atoms with E-state index in [1.165, 1.54) is 5.56 Å². The standard InChI is InChI=1S/C19H21NO2/c21-19(12-11-16-7-3-1-4-8-16)20-13-14-22-18(15-20)17-9-5-2-6-10-17/h1-10,18H,11-15H2/t18-/m1/s1. The summed E-state index contributed by atoms with van der Waals surface area (Å²) in [5.74, 6) is 0.216. The Morgan fingerprint density at radius 3 is 2.45 bits per heavy atom. The molecule has 1 amide bonds. The minimum absolute atomic E-state index is 0.00405. The Kier molecular flexibility index (Phi) is 4.86. The predicted octanol–water partition coefficient (Wildman–Crippen LogP) is 3.22. The summed E-state index contributed by atoms with van der Waals surface area (Å²) in [5, 5.41) is 0. The Morgan fingerprint density at radius 1 is 1.05 bits per heavy atom. The number of benzene rings is 2. The summed E-state index contributed by atoms with van der Waals surface area (Å²) >= 11 is 0. The predicted molar refractivity (Wildman–Crippen MR) is 86.5 cm³/mol. The fourth-order valence-electron chi connectivity index (χ4n) is 2.80. The third kappa shape index (κ3) is 3.74. The van der Waals surface area contributed by atoms with E-state index in [0.717, 1.165) is 12.0 Å². The molecule has 2 aromatic carbocycles. The van der Waals surface area contributed by atoms with Gasteiger partial charge in [0.1, 0.15) is 6.10 Å². The van der Waals surface area contributed by atoms with Crippen molar-refractivity contribution in [3.63, 3.8) is 0 Å². The van der Waals surface area contributed by atoms with Gasteiger partial charge in [0, 0.05) is 13.0 Å². The molecule has 1 aliphatic heterocycles. The zero-order valence-corrected chi connectivity index (χ0v) is 12.7. The Balaban J connectivity index is 1.56. The zero-order chi connectivity index (χ0) is 15.2. The van der Waals surface area contributed by atoms with Gasteiger partial charge in [-0.15, -0.1) is 0 Å². The highest BCUT2D eigenvalue weighted by atomic mass is 16.5. The lowest BCUT2D eigenvalue weighted by atomic mass is 10.1. The molecule has 0 saturated carbocycles. The van der Waals surface area contributed by atoms with Gasteiger partial charge in [0.15, 0.2) is 0 Å². The number of ether oxygens (including phenoxy) is 1. The van der Waals surface area contributed by atoms with Crippen LogP contribution in [0.3, 0.4) is 0 Å². The molecule has 0 aromatic heterocycles. The minimum Gasteiger partial charge on any atom is -0.370 e. The van der Waals surface area contributed by atoms with Crippen molar-refractivity contribution in [1.29, 1.82) is 0 Å². The van der Waals surface area contributed by atoms with Crippen molar-refractivity contribution in [2.45, 2.75) is 18.9 Å². The summed E-state index contributed by atoms with van der Waals surface area (Å²) < 4.78 is 5.81. The number of nitrogens with zero attached hydrogens (tertiary/aromatic N) is 1. The number of amides is 1. The van der Waals surface area contributed by atoms with Crippen molar-refractivity contribution in [3.8, 4) is 0 Å². The molecule has 1 saturated heterocycles. The normalized spacial score (nSPS) is 18.2. The van der Waals surface area contributed by atoms with Crippen LogP contribution in [-0.2, 0) is 16.0 Å². The smallest absolute Gasteiger partial charge is 0.223 e. The molecule has 2 aromatic rings. The maximum absolute atomic E-state index is 12.4. The van der Waals surface area contributed by atoms with Gasteiger partial charge in [-0.05, 0) is 17.5 Å². The molecule has 3 nitrogen and oxygen atoms in total. The van der Waals surface area contributed by atoms with Gasteiger partial charge in [-0.25, -0.2) is 0 Å². The van der Waals surface area contributed by atoms with Crippen LogP contribution in [0.25, 0.3) is 0 Å². The molecule has 3 heteroatoms. The lowest BCUT2D eigenvalue weighted by molar-refractivity contribution is -0.139. The van der Waals surface area contributed by atoms with E-state index in [4.69, 9.17) is 4.74 Å². The number of carbonyl (C=O) groups is 1. The van der Waals surface area contributed by atoms with E-state index in [0.29, 0.717) is 26.1 Å². The first-order chi connectivity index (χ1) is 10.8. The number of rotatable bonds is 4. The third-order valence-corrected chi connectivity index (χ3v) is 4.06. The van der Waals surface area contributed by atoms with E-state index in [1.54, 1.807) is 0 Å². The van der Waals surface area contributed by atoms with E-state index in [-0.39, 0.29) is 12.0 Å². The van der Waals surface area contributed by atoms with Crippen molar-refractivity contribution in [2.24, 2.45) is 0 Å². The summed E-state index contributed by atoms with van der Waals surface area (Å²) in [4.78, 5) is 14.4. The highest BCUT2D eigenvalue weighted by molar-refractivity contribution is 5.76. The molecule has 0 N–H and O–H groups in total. The highest BCUT2D eigenvalue weighted by Crippen LogP contribution is 2.22. The van der Waals surface area contributed by atoms with Gasteiger partial charge in [0.05, 0.1) is 13.2 Å². The fourth-order valence-corrected chi connectivity index (χ4v) is 2.80. The molecular weight excluding hydrogens is 274 g/mol. The van der Waals surface area contributed by atoms with Crippen LogP contribution in [0, 0.1) is 0 Å². The van der Waals surface area contributed by atoms with Crippen molar-refractivity contribution in [2.75, 3.05) is 19.7 Å². The van der Waals surface area contributed by atoms with Crippen LogP contribution in [0.15, 0.2) is 60.7 Å². The molecule has 0 bridgehead atoms. The molecule has 1 fully saturated rings. The highest BCUT2D eigenvalue weighted by Gasteiger charge is 2.24. The van der Waals surface area contributed by atoms with Crippen molar-refractivity contribution < 1.29 is 9.53 Å². The molecular formula is C19H21NO2. The summed E-state index contributed by atoms with van der Waals surface area (Å²) in [6, 6.07) is 20.3.